The first-order chi connectivity index (χ1) is 9.25. The summed E-state index contributed by atoms with van der Waals surface area (Å²) in [4.78, 5) is 11.2. The molecule has 3 N–H and O–H groups in total. The third-order valence-corrected chi connectivity index (χ3v) is 4.03. The molecule has 112 valence electrons. The molecule has 0 aliphatic heterocycles. The number of sulfonamides is 1. The third kappa shape index (κ3) is 4.73. The molecule has 20 heavy (non-hydrogen) atoms. The molecule has 0 spiro atoms. The van der Waals surface area contributed by atoms with Crippen LogP contribution >= 0.6 is 0 Å². The minimum absolute atomic E-state index is 0.170. The van der Waals surface area contributed by atoms with Gasteiger partial charge in [-0.1, -0.05) is 0 Å². The summed E-state index contributed by atoms with van der Waals surface area (Å²) >= 11 is 0. The van der Waals surface area contributed by atoms with Crippen molar-refractivity contribution in [1.29, 1.82) is 0 Å². The fourth-order valence-corrected chi connectivity index (χ4v) is 2.71. The second kappa shape index (κ2) is 6.60. The molecule has 0 aliphatic rings. The molecule has 0 saturated heterocycles. The molecule has 7 heteroatoms. The zero-order valence-corrected chi connectivity index (χ0v) is 12.7. The van der Waals surface area contributed by atoms with Gasteiger partial charge in [-0.15, -0.1) is 0 Å². The first-order valence-corrected chi connectivity index (χ1v) is 7.93. The second-order valence-electron chi connectivity index (χ2n) is 4.50. The van der Waals surface area contributed by atoms with Crippen LogP contribution < -0.4 is 10.5 Å². The highest BCUT2D eigenvalue weighted by Gasteiger charge is 2.15. The average Bonchev–Trinajstić information content (AvgIpc) is 2.34. The van der Waals surface area contributed by atoms with Crippen molar-refractivity contribution in [2.75, 3.05) is 22.8 Å². The van der Waals surface area contributed by atoms with E-state index >= 15 is 0 Å². The highest BCUT2D eigenvalue weighted by atomic mass is 32.2. The fraction of sp³-hybridized carbons (Fsp3) is 0.462. The van der Waals surface area contributed by atoms with Gasteiger partial charge in [0.15, 0.2) is 0 Å². The number of carbonyl (C=O) groups excluding carboxylic acids is 1. The Labute approximate surface area is 119 Å². The SMILES string of the molecule is CCOC(=O)CCS(=O)(=O)Nc1cc(C)c(N)cc1C. The summed E-state index contributed by atoms with van der Waals surface area (Å²) < 4.78 is 31.0. The van der Waals surface area contributed by atoms with Gasteiger partial charge in [-0.25, -0.2) is 8.42 Å². The Kier molecular flexibility index (Phi) is 5.38. The lowest BCUT2D eigenvalue weighted by Gasteiger charge is -2.12. The largest absolute Gasteiger partial charge is 0.466 e. The molecule has 0 aromatic heterocycles. The number of benzene rings is 1. The van der Waals surface area contributed by atoms with E-state index in [9.17, 15) is 13.2 Å². The Morgan fingerprint density at radius 2 is 1.95 bits per heavy atom. The number of nitrogen functional groups attached to an aromatic ring is 1. The number of hydrogen-bond donors (Lipinski definition) is 2. The zero-order chi connectivity index (χ0) is 15.3. The first kappa shape index (κ1) is 16.3. The molecule has 0 aliphatic carbocycles. The highest BCUT2D eigenvalue weighted by Crippen LogP contribution is 2.23. The van der Waals surface area contributed by atoms with Gasteiger partial charge < -0.3 is 10.5 Å². The van der Waals surface area contributed by atoms with Gasteiger partial charge in [-0.05, 0) is 44.0 Å². The van der Waals surface area contributed by atoms with E-state index in [2.05, 4.69) is 4.72 Å². The minimum Gasteiger partial charge on any atom is -0.466 e. The first-order valence-electron chi connectivity index (χ1n) is 6.28. The predicted octanol–water partition coefficient (Wildman–Crippen LogP) is 1.58. The van der Waals surface area contributed by atoms with Crippen molar-refractivity contribution in [3.05, 3.63) is 23.3 Å². The van der Waals surface area contributed by atoms with Crippen molar-refractivity contribution >= 4 is 27.4 Å². The number of aryl methyl sites for hydroxylation is 2. The normalized spacial score (nSPS) is 11.2. The fourth-order valence-electron chi connectivity index (χ4n) is 1.62. The van der Waals surface area contributed by atoms with E-state index in [0.29, 0.717) is 11.4 Å². The monoisotopic (exact) mass is 300 g/mol. The van der Waals surface area contributed by atoms with Crippen molar-refractivity contribution in [3.8, 4) is 0 Å². The lowest BCUT2D eigenvalue weighted by Crippen LogP contribution is -2.20. The van der Waals surface area contributed by atoms with Crippen LogP contribution in [-0.4, -0.2) is 26.7 Å². The number of ether oxygens (including phenoxy) is 1. The van der Waals surface area contributed by atoms with Crippen molar-refractivity contribution < 1.29 is 17.9 Å². The van der Waals surface area contributed by atoms with E-state index in [1.807, 2.05) is 0 Å². The second-order valence-corrected chi connectivity index (χ2v) is 6.34. The molecule has 0 atom stereocenters. The molecule has 6 nitrogen and oxygen atoms in total. The number of nitrogens with two attached hydrogens (primary N) is 1. The van der Waals surface area contributed by atoms with Gasteiger partial charge in [-0.3, -0.25) is 9.52 Å². The van der Waals surface area contributed by atoms with Gasteiger partial charge in [0, 0.05) is 5.69 Å². The number of anilines is 2. The zero-order valence-electron chi connectivity index (χ0n) is 11.9. The van der Waals surface area contributed by atoms with Crippen LogP contribution in [0.4, 0.5) is 11.4 Å². The van der Waals surface area contributed by atoms with Gasteiger partial charge in [0.2, 0.25) is 10.0 Å². The van der Waals surface area contributed by atoms with Crippen molar-refractivity contribution in [2.45, 2.75) is 27.2 Å². The molecule has 0 bridgehead atoms. The molecule has 0 amide bonds. The lowest BCUT2D eigenvalue weighted by molar-refractivity contribution is -0.142. The smallest absolute Gasteiger partial charge is 0.306 e. The van der Waals surface area contributed by atoms with Gasteiger partial charge in [0.1, 0.15) is 0 Å². The van der Waals surface area contributed by atoms with Gasteiger partial charge >= 0.3 is 5.97 Å². The molecule has 0 heterocycles. The Morgan fingerprint density at radius 1 is 1.30 bits per heavy atom. The van der Waals surface area contributed by atoms with Crippen molar-refractivity contribution in [3.63, 3.8) is 0 Å². The number of carbonyl (C=O) groups is 1. The summed E-state index contributed by atoms with van der Waals surface area (Å²) in [6.45, 7) is 5.47. The highest BCUT2D eigenvalue weighted by molar-refractivity contribution is 7.92. The summed E-state index contributed by atoms with van der Waals surface area (Å²) in [5.41, 5.74) is 8.35. The van der Waals surface area contributed by atoms with E-state index in [-0.39, 0.29) is 18.8 Å². The topological polar surface area (TPSA) is 98.5 Å². The molecular formula is C13H20N2O4S. The Hall–Kier alpha value is -1.76. The standard InChI is InChI=1S/C13H20N2O4S/c1-4-19-13(16)5-6-20(17,18)15-12-8-9(2)11(14)7-10(12)3/h7-8,15H,4-6,14H2,1-3H3. The Balaban J connectivity index is 2.76. The number of nitrogens with one attached hydrogen (secondary N) is 1. The van der Waals surface area contributed by atoms with E-state index in [1.165, 1.54) is 0 Å². The van der Waals surface area contributed by atoms with Crippen molar-refractivity contribution in [1.82, 2.24) is 0 Å². The van der Waals surface area contributed by atoms with E-state index in [0.717, 1.165) is 11.1 Å². The lowest BCUT2D eigenvalue weighted by atomic mass is 10.1. The van der Waals surface area contributed by atoms with Gasteiger partial charge in [-0.2, -0.15) is 0 Å². The number of hydrogen-bond acceptors (Lipinski definition) is 5. The van der Waals surface area contributed by atoms with Crippen LogP contribution in [0.5, 0.6) is 0 Å². The molecule has 0 unspecified atom stereocenters. The summed E-state index contributed by atoms with van der Waals surface area (Å²) in [6, 6.07) is 3.38. The average molecular weight is 300 g/mol. The van der Waals surface area contributed by atoms with Crippen LogP contribution in [0.1, 0.15) is 24.5 Å². The summed E-state index contributed by atoms with van der Waals surface area (Å²) in [7, 11) is -3.59. The number of esters is 1. The van der Waals surface area contributed by atoms with Crippen LogP contribution in [0, 0.1) is 13.8 Å². The molecule has 1 aromatic carbocycles. The molecule has 1 rings (SSSR count). The maximum absolute atomic E-state index is 11.9. The number of rotatable bonds is 6. The Bertz CT molecular complexity index is 597. The predicted molar refractivity (Wildman–Crippen MR) is 79.0 cm³/mol. The summed E-state index contributed by atoms with van der Waals surface area (Å²) in [6.07, 6.45) is -0.170. The maximum Gasteiger partial charge on any atom is 0.306 e. The van der Waals surface area contributed by atoms with Gasteiger partial charge in [0.05, 0.1) is 24.5 Å². The quantitative estimate of drug-likeness (QED) is 0.614. The molecular weight excluding hydrogens is 280 g/mol. The van der Waals surface area contributed by atoms with E-state index < -0.39 is 16.0 Å². The van der Waals surface area contributed by atoms with Crippen LogP contribution in [-0.2, 0) is 19.6 Å². The summed E-state index contributed by atoms with van der Waals surface area (Å²) in [5, 5.41) is 0. The third-order valence-electron chi connectivity index (χ3n) is 2.76. The van der Waals surface area contributed by atoms with Crippen LogP contribution in [0.2, 0.25) is 0 Å². The molecule has 1 aromatic rings. The molecule has 0 saturated carbocycles. The minimum atomic E-state index is -3.59. The maximum atomic E-state index is 11.9. The van der Waals surface area contributed by atoms with E-state index in [4.69, 9.17) is 10.5 Å². The van der Waals surface area contributed by atoms with E-state index in [1.54, 1.807) is 32.9 Å². The molecule has 0 fully saturated rings. The van der Waals surface area contributed by atoms with Crippen molar-refractivity contribution in [2.24, 2.45) is 0 Å². The van der Waals surface area contributed by atoms with Gasteiger partial charge in [0.25, 0.3) is 0 Å². The molecule has 0 radical (unpaired) electrons. The van der Waals surface area contributed by atoms with Crippen LogP contribution in [0.15, 0.2) is 12.1 Å². The van der Waals surface area contributed by atoms with Crippen LogP contribution in [0.3, 0.4) is 0 Å². The Morgan fingerprint density at radius 3 is 2.55 bits per heavy atom. The summed E-state index contributed by atoms with van der Waals surface area (Å²) in [5.74, 6) is -0.836. The van der Waals surface area contributed by atoms with Crippen LogP contribution in [0.25, 0.3) is 0 Å².